The van der Waals surface area contributed by atoms with Gasteiger partial charge in [-0.3, -0.25) is 9.59 Å². The quantitative estimate of drug-likeness (QED) is 0.746. The van der Waals surface area contributed by atoms with Gasteiger partial charge < -0.3 is 14.8 Å². The lowest BCUT2D eigenvalue weighted by molar-refractivity contribution is -0.135. The van der Waals surface area contributed by atoms with E-state index in [4.69, 9.17) is 0 Å². The molecule has 0 unspecified atom stereocenters. The van der Waals surface area contributed by atoms with Gasteiger partial charge in [0.1, 0.15) is 6.54 Å². The van der Waals surface area contributed by atoms with Crippen LogP contribution in [-0.4, -0.2) is 34.5 Å². The van der Waals surface area contributed by atoms with Gasteiger partial charge in [0.05, 0.1) is 5.52 Å². The minimum absolute atomic E-state index is 0.0150. The normalized spacial score (nSPS) is 14.9. The van der Waals surface area contributed by atoms with Crippen molar-refractivity contribution in [1.82, 2.24) is 14.8 Å². The van der Waals surface area contributed by atoms with Crippen molar-refractivity contribution >= 4 is 16.8 Å². The molecule has 1 amide bonds. The highest BCUT2D eigenvalue weighted by Gasteiger charge is 2.25. The van der Waals surface area contributed by atoms with Crippen LogP contribution in [0.3, 0.4) is 0 Å². The second kappa shape index (κ2) is 8.40. The molecule has 2 heterocycles. The zero-order chi connectivity index (χ0) is 19.3. The number of amides is 1. The van der Waals surface area contributed by atoms with E-state index in [1.165, 1.54) is 0 Å². The summed E-state index contributed by atoms with van der Waals surface area (Å²) < 4.78 is 1.89. The first-order valence-electron chi connectivity index (χ1n) is 9.85. The van der Waals surface area contributed by atoms with E-state index in [1.54, 1.807) is 12.3 Å². The van der Waals surface area contributed by atoms with Crippen molar-refractivity contribution in [3.63, 3.8) is 0 Å². The lowest BCUT2D eigenvalue weighted by atomic mass is 10.0. The van der Waals surface area contributed by atoms with Crippen molar-refractivity contribution in [1.29, 1.82) is 0 Å². The number of hydrogen-bond donors (Lipinski definition) is 1. The third-order valence-corrected chi connectivity index (χ3v) is 5.46. The van der Waals surface area contributed by atoms with Gasteiger partial charge in [-0.25, -0.2) is 0 Å². The number of nitrogens with zero attached hydrogens (tertiary/aromatic N) is 2. The maximum Gasteiger partial charge on any atom is 0.243 e. The number of fused-ring (bicyclic) bond motifs is 1. The van der Waals surface area contributed by atoms with Crippen molar-refractivity contribution in [2.24, 2.45) is 0 Å². The van der Waals surface area contributed by atoms with Gasteiger partial charge in [0.15, 0.2) is 5.43 Å². The van der Waals surface area contributed by atoms with Crippen LogP contribution >= 0.6 is 0 Å². The van der Waals surface area contributed by atoms with Crippen LogP contribution in [-0.2, 0) is 17.9 Å². The third-order valence-electron chi connectivity index (χ3n) is 5.46. The third kappa shape index (κ3) is 3.99. The van der Waals surface area contributed by atoms with E-state index in [0.29, 0.717) is 11.9 Å². The largest absolute Gasteiger partial charge is 0.338 e. The number of para-hydroxylation sites is 1. The lowest BCUT2D eigenvalue weighted by Gasteiger charge is -2.35. The molecule has 0 spiro atoms. The molecule has 0 atom stereocenters. The van der Waals surface area contributed by atoms with Gasteiger partial charge in [-0.2, -0.15) is 0 Å². The van der Waals surface area contributed by atoms with Gasteiger partial charge in [-0.05, 0) is 43.6 Å². The minimum atomic E-state index is -0.0150. The first-order valence-corrected chi connectivity index (χ1v) is 9.85. The Morgan fingerprint density at radius 1 is 1.00 bits per heavy atom. The Labute approximate surface area is 164 Å². The Balaban J connectivity index is 1.62. The van der Waals surface area contributed by atoms with Crippen LogP contribution in [0.2, 0.25) is 0 Å². The van der Waals surface area contributed by atoms with Gasteiger partial charge >= 0.3 is 0 Å². The van der Waals surface area contributed by atoms with Gasteiger partial charge in [-0.1, -0.05) is 42.5 Å². The van der Waals surface area contributed by atoms with E-state index in [9.17, 15) is 9.59 Å². The Morgan fingerprint density at radius 2 is 1.71 bits per heavy atom. The molecule has 144 valence electrons. The van der Waals surface area contributed by atoms with Crippen LogP contribution in [0.5, 0.6) is 0 Å². The minimum Gasteiger partial charge on any atom is -0.338 e. The van der Waals surface area contributed by atoms with E-state index in [0.717, 1.165) is 37.0 Å². The van der Waals surface area contributed by atoms with Crippen LogP contribution in [0.1, 0.15) is 18.4 Å². The number of piperidine rings is 1. The summed E-state index contributed by atoms with van der Waals surface area (Å²) in [6.07, 6.45) is 3.65. The maximum absolute atomic E-state index is 13.4. The van der Waals surface area contributed by atoms with Gasteiger partial charge in [-0.15, -0.1) is 0 Å². The second-order valence-electron chi connectivity index (χ2n) is 7.31. The topological polar surface area (TPSA) is 54.3 Å². The second-order valence-corrected chi connectivity index (χ2v) is 7.31. The molecule has 4 rings (SSSR count). The molecular weight excluding hydrogens is 350 g/mol. The molecule has 0 radical (unpaired) electrons. The fourth-order valence-electron chi connectivity index (χ4n) is 3.95. The number of hydrogen-bond acceptors (Lipinski definition) is 3. The number of carbonyl (C=O) groups is 1. The van der Waals surface area contributed by atoms with Crippen LogP contribution in [0, 0.1) is 0 Å². The average molecular weight is 375 g/mol. The number of carbonyl (C=O) groups excluding carboxylic acids is 1. The van der Waals surface area contributed by atoms with Crippen molar-refractivity contribution in [3.05, 3.63) is 82.6 Å². The Morgan fingerprint density at radius 3 is 2.50 bits per heavy atom. The van der Waals surface area contributed by atoms with Crippen LogP contribution in [0.25, 0.3) is 10.9 Å². The number of benzene rings is 2. The van der Waals surface area contributed by atoms with E-state index in [2.05, 4.69) is 17.4 Å². The Bertz CT molecular complexity index is 1010. The molecule has 5 heteroatoms. The highest BCUT2D eigenvalue weighted by atomic mass is 16.2. The van der Waals surface area contributed by atoms with Crippen molar-refractivity contribution in [3.8, 4) is 0 Å². The number of nitrogens with one attached hydrogen (secondary N) is 1. The summed E-state index contributed by atoms with van der Waals surface area (Å²) >= 11 is 0. The zero-order valence-corrected chi connectivity index (χ0v) is 15.9. The summed E-state index contributed by atoms with van der Waals surface area (Å²) in [7, 11) is 0. The fraction of sp³-hybridized carbons (Fsp3) is 0.304. The smallest absolute Gasteiger partial charge is 0.243 e. The molecule has 1 N–H and O–H groups in total. The van der Waals surface area contributed by atoms with Gasteiger partial charge in [0, 0.05) is 30.2 Å². The van der Waals surface area contributed by atoms with Crippen LogP contribution in [0.4, 0.5) is 0 Å². The van der Waals surface area contributed by atoms with E-state index in [-0.39, 0.29) is 23.9 Å². The molecule has 0 saturated carbocycles. The predicted molar refractivity (Wildman–Crippen MR) is 111 cm³/mol. The molecule has 1 fully saturated rings. The SMILES string of the molecule is O=C(Cn1ccc(=O)c2ccccc21)N(Cc1ccccc1)C1CCNCC1. The molecule has 0 bridgehead atoms. The van der Waals surface area contributed by atoms with Crippen molar-refractivity contribution in [2.45, 2.75) is 32.0 Å². The van der Waals surface area contributed by atoms with Gasteiger partial charge in [0.2, 0.25) is 5.91 Å². The summed E-state index contributed by atoms with van der Waals surface area (Å²) in [6, 6.07) is 19.4. The molecule has 0 aliphatic carbocycles. The van der Waals surface area contributed by atoms with Crippen molar-refractivity contribution < 1.29 is 4.79 Å². The van der Waals surface area contributed by atoms with Crippen LogP contribution in [0.15, 0.2) is 71.7 Å². The molecule has 28 heavy (non-hydrogen) atoms. The Kier molecular flexibility index (Phi) is 5.53. The molecule has 1 aliphatic heterocycles. The van der Waals surface area contributed by atoms with E-state index in [1.807, 2.05) is 51.9 Å². The monoisotopic (exact) mass is 375 g/mol. The predicted octanol–water partition coefficient (Wildman–Crippen LogP) is 2.78. The average Bonchev–Trinajstić information content (AvgIpc) is 2.75. The number of rotatable bonds is 5. The van der Waals surface area contributed by atoms with Crippen molar-refractivity contribution in [2.75, 3.05) is 13.1 Å². The Hall–Kier alpha value is -2.92. The van der Waals surface area contributed by atoms with E-state index < -0.39 is 0 Å². The fourth-order valence-corrected chi connectivity index (χ4v) is 3.95. The number of pyridine rings is 1. The number of aromatic nitrogens is 1. The van der Waals surface area contributed by atoms with E-state index >= 15 is 0 Å². The highest BCUT2D eigenvalue weighted by Crippen LogP contribution is 2.18. The summed E-state index contributed by atoms with van der Waals surface area (Å²) in [5.74, 6) is 0.0876. The standard InChI is InChI=1S/C23H25N3O2/c27-22-12-15-25(21-9-5-4-8-20(21)22)17-23(28)26(19-10-13-24-14-11-19)16-18-6-2-1-3-7-18/h1-9,12,15,19,24H,10-11,13-14,16-17H2. The first kappa shape index (κ1) is 18.4. The highest BCUT2D eigenvalue weighted by molar-refractivity contribution is 5.82. The lowest BCUT2D eigenvalue weighted by Crippen LogP contribution is -2.46. The summed E-state index contributed by atoms with van der Waals surface area (Å²) in [5, 5.41) is 4.02. The first-order chi connectivity index (χ1) is 13.7. The summed E-state index contributed by atoms with van der Waals surface area (Å²) in [5.41, 5.74) is 1.92. The molecule has 2 aromatic carbocycles. The van der Waals surface area contributed by atoms with Crippen LogP contribution < -0.4 is 10.7 Å². The molecule has 5 nitrogen and oxygen atoms in total. The van der Waals surface area contributed by atoms with Gasteiger partial charge in [0.25, 0.3) is 0 Å². The molecule has 1 aromatic heterocycles. The summed E-state index contributed by atoms with van der Waals surface area (Å²) in [6.45, 7) is 2.72. The summed E-state index contributed by atoms with van der Waals surface area (Å²) in [4.78, 5) is 27.5. The molecular formula is C23H25N3O2. The zero-order valence-electron chi connectivity index (χ0n) is 15.9. The maximum atomic E-state index is 13.4. The molecule has 1 aliphatic rings. The molecule has 3 aromatic rings. The molecule has 1 saturated heterocycles.